The van der Waals surface area contributed by atoms with Crippen LogP contribution in [0.25, 0.3) is 0 Å². The molecule has 0 spiro atoms. The van der Waals surface area contributed by atoms with Crippen LogP contribution in [0.15, 0.2) is 12.1 Å². The van der Waals surface area contributed by atoms with Crippen molar-refractivity contribution in [3.05, 3.63) is 22.7 Å². The van der Waals surface area contributed by atoms with Crippen molar-refractivity contribution in [2.45, 2.75) is 0 Å². The van der Waals surface area contributed by atoms with E-state index in [-0.39, 0.29) is 16.3 Å². The molecule has 1 rings (SSSR count). The van der Waals surface area contributed by atoms with Crippen LogP contribution >= 0.6 is 11.6 Å². The molecule has 4 nitrogen and oxygen atoms in total. The van der Waals surface area contributed by atoms with E-state index < -0.39 is 5.97 Å². The van der Waals surface area contributed by atoms with E-state index in [1.54, 1.807) is 0 Å². The van der Waals surface area contributed by atoms with E-state index in [0.29, 0.717) is 5.75 Å². The van der Waals surface area contributed by atoms with E-state index in [2.05, 4.69) is 0 Å². The second-order valence-corrected chi connectivity index (χ2v) is 2.87. The molecule has 0 bridgehead atoms. The van der Waals surface area contributed by atoms with E-state index >= 15 is 0 Å². The topological polar surface area (TPSA) is 55.8 Å². The summed E-state index contributed by atoms with van der Waals surface area (Å²) in [6.07, 6.45) is 0. The van der Waals surface area contributed by atoms with Gasteiger partial charge in [-0.2, -0.15) is 0 Å². The highest BCUT2D eigenvalue weighted by Gasteiger charge is 2.15. The zero-order valence-electron chi connectivity index (χ0n) is 7.70. The van der Waals surface area contributed by atoms with Crippen molar-refractivity contribution >= 4 is 17.6 Å². The number of benzene rings is 1. The number of carboxylic acids is 1. The van der Waals surface area contributed by atoms with Crippen LogP contribution in [0.5, 0.6) is 11.5 Å². The monoisotopic (exact) mass is 216 g/mol. The summed E-state index contributed by atoms with van der Waals surface area (Å²) < 4.78 is 9.80. The van der Waals surface area contributed by atoms with Gasteiger partial charge in [0.15, 0.2) is 0 Å². The Labute approximate surface area is 86.0 Å². The third-order valence-corrected chi connectivity index (χ3v) is 2.09. The van der Waals surface area contributed by atoms with Gasteiger partial charge in [-0.3, -0.25) is 0 Å². The Kier molecular flexibility index (Phi) is 3.19. The quantitative estimate of drug-likeness (QED) is 0.840. The summed E-state index contributed by atoms with van der Waals surface area (Å²) in [6.45, 7) is 0. The summed E-state index contributed by atoms with van der Waals surface area (Å²) in [5.74, 6) is -0.445. The SMILES string of the molecule is COc1cc(OC)c(Cl)c(C(=O)O)c1. The predicted octanol–water partition coefficient (Wildman–Crippen LogP) is 2.06. The van der Waals surface area contributed by atoms with Crippen LogP contribution in [-0.2, 0) is 0 Å². The summed E-state index contributed by atoms with van der Waals surface area (Å²) in [5, 5.41) is 8.88. The van der Waals surface area contributed by atoms with E-state index in [9.17, 15) is 4.79 Å². The fraction of sp³-hybridized carbons (Fsp3) is 0.222. The van der Waals surface area contributed by atoms with Gasteiger partial charge in [-0.1, -0.05) is 11.6 Å². The minimum Gasteiger partial charge on any atom is -0.497 e. The second kappa shape index (κ2) is 4.19. The summed E-state index contributed by atoms with van der Waals surface area (Å²) >= 11 is 5.77. The molecule has 0 atom stereocenters. The molecule has 1 aromatic rings. The first-order valence-corrected chi connectivity index (χ1v) is 4.12. The third-order valence-electron chi connectivity index (χ3n) is 1.70. The van der Waals surface area contributed by atoms with Gasteiger partial charge >= 0.3 is 5.97 Å². The fourth-order valence-corrected chi connectivity index (χ4v) is 1.26. The number of methoxy groups -OCH3 is 2. The van der Waals surface area contributed by atoms with Crippen molar-refractivity contribution in [3.8, 4) is 11.5 Å². The highest BCUT2D eigenvalue weighted by atomic mass is 35.5. The Bertz CT molecular complexity index is 362. The lowest BCUT2D eigenvalue weighted by Gasteiger charge is -2.08. The maximum atomic E-state index is 10.8. The summed E-state index contributed by atoms with van der Waals surface area (Å²) in [5.41, 5.74) is -0.0390. The van der Waals surface area contributed by atoms with Gasteiger partial charge in [-0.25, -0.2) is 4.79 Å². The Hall–Kier alpha value is -1.42. The summed E-state index contributed by atoms with van der Waals surface area (Å²) in [4.78, 5) is 10.8. The van der Waals surface area contributed by atoms with Gasteiger partial charge in [0.05, 0.1) is 24.8 Å². The number of hydrogen-bond acceptors (Lipinski definition) is 3. The minimum absolute atomic E-state index is 0.0390. The summed E-state index contributed by atoms with van der Waals surface area (Å²) in [7, 11) is 2.85. The predicted molar refractivity (Wildman–Crippen MR) is 51.5 cm³/mol. The van der Waals surface area contributed by atoms with Crippen molar-refractivity contribution < 1.29 is 19.4 Å². The molecule has 14 heavy (non-hydrogen) atoms. The van der Waals surface area contributed by atoms with Gasteiger partial charge in [-0.15, -0.1) is 0 Å². The van der Waals surface area contributed by atoms with Gasteiger partial charge in [0, 0.05) is 6.07 Å². The number of halogens is 1. The van der Waals surface area contributed by atoms with Crippen LogP contribution in [0, 0.1) is 0 Å². The molecular formula is C9H9ClO4. The van der Waals surface area contributed by atoms with Crippen LogP contribution in [0.2, 0.25) is 5.02 Å². The van der Waals surface area contributed by atoms with E-state index in [1.165, 1.54) is 26.4 Å². The van der Waals surface area contributed by atoms with Crippen LogP contribution in [0.4, 0.5) is 0 Å². The molecule has 0 aliphatic heterocycles. The minimum atomic E-state index is -1.12. The number of hydrogen-bond donors (Lipinski definition) is 1. The number of carboxylic acid groups (broad SMARTS) is 1. The van der Waals surface area contributed by atoms with E-state index in [0.717, 1.165) is 0 Å². The third kappa shape index (κ3) is 1.90. The number of ether oxygens (including phenoxy) is 2. The maximum absolute atomic E-state index is 10.8. The molecule has 0 amide bonds. The first-order valence-electron chi connectivity index (χ1n) is 3.75. The van der Waals surface area contributed by atoms with Gasteiger partial charge in [-0.05, 0) is 6.07 Å². The molecule has 0 heterocycles. The van der Waals surface area contributed by atoms with Crippen molar-refractivity contribution in [1.82, 2.24) is 0 Å². The second-order valence-electron chi connectivity index (χ2n) is 2.50. The van der Waals surface area contributed by atoms with E-state index in [1.807, 2.05) is 0 Å². The molecule has 76 valence electrons. The number of carbonyl (C=O) groups is 1. The van der Waals surface area contributed by atoms with E-state index in [4.69, 9.17) is 26.2 Å². The molecule has 0 aromatic heterocycles. The largest absolute Gasteiger partial charge is 0.497 e. The molecule has 1 aromatic carbocycles. The molecule has 0 radical (unpaired) electrons. The molecule has 1 N–H and O–H groups in total. The van der Waals surface area contributed by atoms with Crippen molar-refractivity contribution in [3.63, 3.8) is 0 Å². The average molecular weight is 217 g/mol. The average Bonchev–Trinajstić information content (AvgIpc) is 2.17. The highest BCUT2D eigenvalue weighted by Crippen LogP contribution is 2.32. The lowest BCUT2D eigenvalue weighted by molar-refractivity contribution is 0.0696. The van der Waals surface area contributed by atoms with Crippen molar-refractivity contribution in [2.75, 3.05) is 14.2 Å². The maximum Gasteiger partial charge on any atom is 0.337 e. The normalized spacial score (nSPS) is 9.64. The lowest BCUT2D eigenvalue weighted by Crippen LogP contribution is -2.00. The number of aromatic carboxylic acids is 1. The van der Waals surface area contributed by atoms with Gasteiger partial charge in [0.2, 0.25) is 0 Å². The molecule has 0 aliphatic carbocycles. The fourth-order valence-electron chi connectivity index (χ4n) is 0.995. The van der Waals surface area contributed by atoms with Crippen molar-refractivity contribution in [2.24, 2.45) is 0 Å². The van der Waals surface area contributed by atoms with Crippen molar-refractivity contribution in [1.29, 1.82) is 0 Å². The smallest absolute Gasteiger partial charge is 0.337 e. The first-order chi connectivity index (χ1) is 6.60. The zero-order chi connectivity index (χ0) is 10.7. The molecular weight excluding hydrogens is 208 g/mol. The Morgan fingerprint density at radius 1 is 1.36 bits per heavy atom. The van der Waals surface area contributed by atoms with Crippen LogP contribution in [0.3, 0.4) is 0 Å². The zero-order valence-corrected chi connectivity index (χ0v) is 8.46. The van der Waals surface area contributed by atoms with Gasteiger partial charge < -0.3 is 14.6 Å². The molecule has 0 fully saturated rings. The Morgan fingerprint density at radius 2 is 2.00 bits per heavy atom. The molecule has 0 aliphatic rings. The van der Waals surface area contributed by atoms with Crippen LogP contribution in [0.1, 0.15) is 10.4 Å². The van der Waals surface area contributed by atoms with Crippen LogP contribution in [-0.4, -0.2) is 25.3 Å². The van der Waals surface area contributed by atoms with Gasteiger partial charge in [0.1, 0.15) is 11.5 Å². The van der Waals surface area contributed by atoms with Gasteiger partial charge in [0.25, 0.3) is 0 Å². The summed E-state index contributed by atoms with van der Waals surface area (Å²) in [6, 6.07) is 2.86. The Morgan fingerprint density at radius 3 is 2.43 bits per heavy atom. The molecule has 5 heteroatoms. The lowest BCUT2D eigenvalue weighted by atomic mass is 10.2. The standard InChI is InChI=1S/C9H9ClO4/c1-13-5-3-6(9(11)12)8(10)7(4-5)14-2/h3-4H,1-2H3,(H,11,12). The molecule has 0 saturated carbocycles. The number of rotatable bonds is 3. The highest BCUT2D eigenvalue weighted by molar-refractivity contribution is 6.35. The molecule has 0 saturated heterocycles. The molecule has 0 unspecified atom stereocenters. The Balaban J connectivity index is 3.34. The van der Waals surface area contributed by atoms with Crippen LogP contribution < -0.4 is 9.47 Å². The first kappa shape index (κ1) is 10.7.